The van der Waals surface area contributed by atoms with Crippen molar-refractivity contribution in [3.63, 3.8) is 0 Å². The van der Waals surface area contributed by atoms with Crippen molar-refractivity contribution in [3.8, 4) is 0 Å². The van der Waals surface area contributed by atoms with E-state index in [-0.39, 0.29) is 14.8 Å². The van der Waals surface area contributed by atoms with Gasteiger partial charge in [-0.15, -0.1) is 11.3 Å². The van der Waals surface area contributed by atoms with Crippen LogP contribution in [0.3, 0.4) is 0 Å². The maximum absolute atomic E-state index is 13.7. The second kappa shape index (κ2) is 4.95. The summed E-state index contributed by atoms with van der Waals surface area (Å²) < 4.78 is 38.0. The van der Waals surface area contributed by atoms with Crippen LogP contribution in [0.25, 0.3) is 0 Å². The number of halogens is 2. The van der Waals surface area contributed by atoms with Crippen LogP contribution in [0.4, 0.5) is 4.39 Å². The first-order valence-corrected chi connectivity index (χ1v) is 7.88. The maximum atomic E-state index is 13.7. The Morgan fingerprint density at radius 3 is 2.78 bits per heavy atom. The molecular weight excluding hydrogens is 297 g/mol. The van der Waals surface area contributed by atoms with Gasteiger partial charge in [-0.25, -0.2) is 17.8 Å². The Morgan fingerprint density at radius 1 is 1.44 bits per heavy atom. The Bertz CT molecular complexity index is 682. The van der Waals surface area contributed by atoms with Crippen molar-refractivity contribution in [2.24, 2.45) is 0 Å². The third-order valence-electron chi connectivity index (χ3n) is 2.36. The molecule has 0 radical (unpaired) electrons. The molecule has 1 heterocycles. The monoisotopic (exact) mass is 305 g/mol. The Hall–Kier alpha value is -0.980. The van der Waals surface area contributed by atoms with Crippen LogP contribution in [0.15, 0.2) is 27.9 Å². The van der Waals surface area contributed by atoms with E-state index in [0.29, 0.717) is 5.69 Å². The Labute approximate surface area is 113 Å². The van der Waals surface area contributed by atoms with Crippen LogP contribution in [0.1, 0.15) is 11.3 Å². The molecule has 0 atom stereocenters. The molecule has 0 saturated carbocycles. The number of thiazole rings is 1. The van der Waals surface area contributed by atoms with Crippen LogP contribution in [-0.4, -0.2) is 13.4 Å². The van der Waals surface area contributed by atoms with Gasteiger partial charge in [0.25, 0.3) is 0 Å². The molecular formula is C11H9ClFNO2S2. The van der Waals surface area contributed by atoms with Crippen molar-refractivity contribution in [2.75, 3.05) is 0 Å². The van der Waals surface area contributed by atoms with Crippen molar-refractivity contribution in [3.05, 3.63) is 45.8 Å². The average molecular weight is 306 g/mol. The molecule has 2 aromatic rings. The van der Waals surface area contributed by atoms with Crippen LogP contribution in [0.5, 0.6) is 0 Å². The van der Waals surface area contributed by atoms with Gasteiger partial charge in [-0.2, -0.15) is 0 Å². The Kier molecular flexibility index (Phi) is 3.70. The van der Waals surface area contributed by atoms with E-state index in [2.05, 4.69) is 4.98 Å². The summed E-state index contributed by atoms with van der Waals surface area (Å²) >= 11 is 6.65. The highest BCUT2D eigenvalue weighted by Crippen LogP contribution is 2.26. The second-order valence-electron chi connectivity index (χ2n) is 3.70. The van der Waals surface area contributed by atoms with Crippen LogP contribution >= 0.6 is 22.9 Å². The standard InChI is InChI=1S/C11H9ClFNO2S2/c1-7-11(17-6-14-7)18(15,16)5-8-3-2-4-9(12)10(8)13/h2-4,6H,5H2,1H3. The minimum Gasteiger partial charge on any atom is -0.249 e. The molecule has 0 fully saturated rings. The summed E-state index contributed by atoms with van der Waals surface area (Å²) in [5, 5.41) is -0.0799. The number of sulfone groups is 1. The molecule has 0 spiro atoms. The number of hydrogen-bond acceptors (Lipinski definition) is 4. The molecule has 0 aliphatic carbocycles. The average Bonchev–Trinajstić information content (AvgIpc) is 2.72. The smallest absolute Gasteiger partial charge is 0.193 e. The predicted molar refractivity (Wildman–Crippen MR) is 69.2 cm³/mol. The normalized spacial score (nSPS) is 11.7. The lowest BCUT2D eigenvalue weighted by Gasteiger charge is -2.05. The van der Waals surface area contributed by atoms with E-state index >= 15 is 0 Å². The minimum absolute atomic E-state index is 0.0651. The topological polar surface area (TPSA) is 47.0 Å². The zero-order valence-corrected chi connectivity index (χ0v) is 11.7. The molecule has 0 N–H and O–H groups in total. The summed E-state index contributed by atoms with van der Waals surface area (Å²) in [7, 11) is -3.58. The van der Waals surface area contributed by atoms with Crippen molar-refractivity contribution < 1.29 is 12.8 Å². The summed E-state index contributed by atoms with van der Waals surface area (Å²) in [5.41, 5.74) is 1.95. The number of nitrogens with zero attached hydrogens (tertiary/aromatic N) is 1. The van der Waals surface area contributed by atoms with E-state index < -0.39 is 21.4 Å². The first kappa shape index (κ1) is 13.5. The highest BCUT2D eigenvalue weighted by Gasteiger charge is 2.22. The molecule has 96 valence electrons. The first-order valence-electron chi connectivity index (χ1n) is 4.97. The molecule has 0 bridgehead atoms. The molecule has 18 heavy (non-hydrogen) atoms. The van der Waals surface area contributed by atoms with Crippen molar-refractivity contribution >= 4 is 32.8 Å². The molecule has 0 aliphatic heterocycles. The second-order valence-corrected chi connectivity index (χ2v) is 7.14. The Balaban J connectivity index is 2.40. The lowest BCUT2D eigenvalue weighted by Crippen LogP contribution is -2.06. The molecule has 1 aromatic carbocycles. The van der Waals surface area contributed by atoms with Crippen LogP contribution in [-0.2, 0) is 15.6 Å². The van der Waals surface area contributed by atoms with E-state index in [1.807, 2.05) is 0 Å². The number of aromatic nitrogens is 1. The van der Waals surface area contributed by atoms with Crippen molar-refractivity contribution in [1.82, 2.24) is 4.98 Å². The quantitative estimate of drug-likeness (QED) is 0.874. The van der Waals surface area contributed by atoms with Gasteiger partial charge in [0.1, 0.15) is 10.0 Å². The van der Waals surface area contributed by atoms with E-state index in [4.69, 9.17) is 11.6 Å². The van der Waals surface area contributed by atoms with Crippen molar-refractivity contribution in [1.29, 1.82) is 0 Å². The van der Waals surface area contributed by atoms with Gasteiger partial charge in [-0.1, -0.05) is 23.7 Å². The van der Waals surface area contributed by atoms with Gasteiger partial charge in [-0.05, 0) is 13.0 Å². The van der Waals surface area contributed by atoms with Gasteiger partial charge in [0.2, 0.25) is 0 Å². The van der Waals surface area contributed by atoms with Gasteiger partial charge in [-0.3, -0.25) is 0 Å². The van der Waals surface area contributed by atoms with E-state index in [1.54, 1.807) is 6.92 Å². The van der Waals surface area contributed by atoms with Gasteiger partial charge in [0.05, 0.1) is 22.0 Å². The third-order valence-corrected chi connectivity index (χ3v) is 5.98. The fourth-order valence-electron chi connectivity index (χ4n) is 1.52. The summed E-state index contributed by atoms with van der Waals surface area (Å²) in [6, 6.07) is 4.32. The van der Waals surface area contributed by atoms with Crippen molar-refractivity contribution in [2.45, 2.75) is 16.9 Å². The summed E-state index contributed by atoms with van der Waals surface area (Å²) in [6.07, 6.45) is 0. The van der Waals surface area contributed by atoms with E-state index in [0.717, 1.165) is 11.3 Å². The Morgan fingerprint density at radius 2 is 2.17 bits per heavy atom. The molecule has 3 nitrogen and oxygen atoms in total. The molecule has 0 amide bonds. The number of hydrogen-bond donors (Lipinski definition) is 0. The highest BCUT2D eigenvalue weighted by atomic mass is 35.5. The van der Waals surface area contributed by atoms with Crippen LogP contribution in [0.2, 0.25) is 5.02 Å². The fraction of sp³-hybridized carbons (Fsp3) is 0.182. The summed E-state index contributed by atoms with van der Waals surface area (Å²) in [6.45, 7) is 1.61. The van der Waals surface area contributed by atoms with Gasteiger partial charge < -0.3 is 0 Å². The fourth-order valence-corrected chi connectivity index (χ4v) is 4.40. The van der Waals surface area contributed by atoms with E-state index in [1.165, 1.54) is 23.7 Å². The lowest BCUT2D eigenvalue weighted by atomic mass is 10.2. The number of aryl methyl sites for hydroxylation is 1. The summed E-state index contributed by atoms with van der Waals surface area (Å²) in [5.74, 6) is -1.10. The SMILES string of the molecule is Cc1ncsc1S(=O)(=O)Cc1cccc(Cl)c1F. The third kappa shape index (κ3) is 2.55. The number of benzene rings is 1. The summed E-state index contributed by atoms with van der Waals surface area (Å²) in [4.78, 5) is 3.88. The zero-order valence-electron chi connectivity index (χ0n) is 9.35. The molecule has 0 saturated heterocycles. The molecule has 1 aromatic heterocycles. The van der Waals surface area contributed by atoms with Crippen LogP contribution < -0.4 is 0 Å². The molecule has 7 heteroatoms. The zero-order chi connectivity index (χ0) is 13.3. The first-order chi connectivity index (χ1) is 8.42. The molecule has 0 unspecified atom stereocenters. The van der Waals surface area contributed by atoms with Gasteiger partial charge >= 0.3 is 0 Å². The van der Waals surface area contributed by atoms with Gasteiger partial charge in [0, 0.05) is 5.56 Å². The van der Waals surface area contributed by atoms with Gasteiger partial charge in [0.15, 0.2) is 9.84 Å². The lowest BCUT2D eigenvalue weighted by molar-refractivity contribution is 0.588. The largest absolute Gasteiger partial charge is 0.249 e. The van der Waals surface area contributed by atoms with E-state index in [9.17, 15) is 12.8 Å². The minimum atomic E-state index is -3.58. The highest BCUT2D eigenvalue weighted by molar-refractivity contribution is 7.92. The number of rotatable bonds is 3. The molecule has 2 rings (SSSR count). The molecule has 0 aliphatic rings. The maximum Gasteiger partial charge on any atom is 0.193 e. The predicted octanol–water partition coefficient (Wildman–Crippen LogP) is 3.22. The van der Waals surface area contributed by atoms with Crippen LogP contribution in [0, 0.1) is 12.7 Å².